The van der Waals surface area contributed by atoms with E-state index in [0.717, 1.165) is 38.2 Å². The molecule has 0 N–H and O–H groups in total. The normalized spacial score (nSPS) is 13.6. The Hall–Kier alpha value is -4.67. The fourth-order valence-electron chi connectivity index (χ4n) is 5.05. The number of thiophene rings is 1. The van der Waals surface area contributed by atoms with Crippen molar-refractivity contribution in [2.75, 3.05) is 0 Å². The number of nitrogens with zero attached hydrogens (tertiary/aromatic N) is 3. The van der Waals surface area contributed by atoms with Crippen LogP contribution in [0, 0.1) is 25.2 Å². The van der Waals surface area contributed by atoms with E-state index >= 15 is 0 Å². The van der Waals surface area contributed by atoms with E-state index in [4.69, 9.17) is 14.6 Å². The number of rotatable bonds is 4. The Morgan fingerprint density at radius 1 is 0.756 bits per heavy atom. The summed E-state index contributed by atoms with van der Waals surface area (Å²) in [6.45, 7) is -4.34. The van der Waals surface area contributed by atoms with Crippen LogP contribution in [0.5, 0.6) is 0 Å². The number of hydrogen-bond acceptors (Lipinski definition) is 3. The molecule has 3 aromatic heterocycles. The first kappa shape index (κ1) is 22.8. The molecule has 0 saturated heterocycles. The first-order valence-corrected chi connectivity index (χ1v) is 14.8. The van der Waals surface area contributed by atoms with Crippen molar-refractivity contribution in [2.24, 2.45) is 0 Å². The molecule has 8 rings (SSSR count). The van der Waals surface area contributed by atoms with Gasteiger partial charge in [0.2, 0.25) is 0 Å². The molecule has 3 heterocycles. The molecule has 0 bridgehead atoms. The van der Waals surface area contributed by atoms with Gasteiger partial charge < -0.3 is 9.55 Å². The van der Waals surface area contributed by atoms with Crippen molar-refractivity contribution >= 4 is 32.5 Å². The predicted molar refractivity (Wildman–Crippen MR) is 184 cm³/mol. The molecule has 0 fully saturated rings. The van der Waals surface area contributed by atoms with Crippen molar-refractivity contribution in [3.8, 4) is 39.5 Å². The molecule has 0 aliphatic rings. The van der Waals surface area contributed by atoms with Crippen LogP contribution in [0.25, 0.3) is 60.6 Å². The van der Waals surface area contributed by atoms with Gasteiger partial charge in [-0.25, -0.2) is 0 Å². The Kier molecular flexibility index (Phi) is 6.85. The summed E-state index contributed by atoms with van der Waals surface area (Å²) >= 11 is 1.57. The van der Waals surface area contributed by atoms with Gasteiger partial charge in [-0.3, -0.25) is 16.3 Å². The fraction of sp³-hybridized carbons (Fsp3) is 0.0500. The van der Waals surface area contributed by atoms with Crippen molar-refractivity contribution in [1.82, 2.24) is 14.5 Å². The van der Waals surface area contributed by atoms with Crippen LogP contribution in [0.3, 0.4) is 0 Å². The number of aromatic nitrogens is 3. The Labute approximate surface area is 291 Å². The largest absolute Gasteiger partial charge is 0.333 e. The summed E-state index contributed by atoms with van der Waals surface area (Å²) in [5.41, 5.74) is 7.92. The minimum Gasteiger partial charge on any atom is -0.333 e. The average Bonchev–Trinajstić information content (AvgIpc) is 3.73. The zero-order valence-electron chi connectivity index (χ0n) is 30.8. The van der Waals surface area contributed by atoms with E-state index in [9.17, 15) is 0 Å². The SMILES string of the molecule is [2H]C([2H])([2H])c1c[c-]c(-c2ccc(C([2H])([2H])[2H])cn2)cc1.[2H]c1ccc2s[c-]c(-c3nc4ccccc4n3-c3ccc(-c4ccccc4)cc3)c2c1.[Ir]. The zero-order valence-corrected chi connectivity index (χ0v) is 27.0. The van der Waals surface area contributed by atoms with Crippen molar-refractivity contribution in [3.05, 3.63) is 162 Å². The number of imidazole rings is 1. The third kappa shape index (κ3) is 6.43. The molecule has 0 aliphatic carbocycles. The number of hydrogen-bond donors (Lipinski definition) is 0. The van der Waals surface area contributed by atoms with E-state index in [1.54, 1.807) is 23.5 Å². The maximum Gasteiger partial charge on any atom is 0.0774 e. The first-order valence-electron chi connectivity index (χ1n) is 17.5. The van der Waals surface area contributed by atoms with Gasteiger partial charge in [-0.1, -0.05) is 107 Å². The Balaban J connectivity index is 0.000000193. The molecule has 0 unspecified atom stereocenters. The van der Waals surface area contributed by atoms with Crippen LogP contribution in [0.2, 0.25) is 0 Å². The van der Waals surface area contributed by atoms with Crippen LogP contribution < -0.4 is 0 Å². The van der Waals surface area contributed by atoms with Crippen LogP contribution in [0.15, 0.2) is 140 Å². The second-order valence-electron chi connectivity index (χ2n) is 10.1. The summed E-state index contributed by atoms with van der Waals surface area (Å²) in [6, 6.07) is 43.8. The van der Waals surface area contributed by atoms with Crippen LogP contribution >= 0.6 is 11.3 Å². The smallest absolute Gasteiger partial charge is 0.0774 e. The summed E-state index contributed by atoms with van der Waals surface area (Å²) in [5, 5.41) is 4.46. The number of aryl methyl sites for hydroxylation is 2. The average molecular weight is 783 g/mol. The van der Waals surface area contributed by atoms with Gasteiger partial charge in [0.15, 0.2) is 0 Å². The molecule has 5 aromatic carbocycles. The van der Waals surface area contributed by atoms with Gasteiger partial charge in [0, 0.05) is 40.2 Å². The van der Waals surface area contributed by atoms with Gasteiger partial charge in [0.25, 0.3) is 0 Å². The van der Waals surface area contributed by atoms with E-state index in [1.165, 1.54) is 35.5 Å². The van der Waals surface area contributed by atoms with E-state index in [1.807, 2.05) is 42.5 Å². The molecule has 221 valence electrons. The Morgan fingerprint density at radius 3 is 2.29 bits per heavy atom. The van der Waals surface area contributed by atoms with Crippen LogP contribution in [0.4, 0.5) is 0 Å². The van der Waals surface area contributed by atoms with Crippen LogP contribution in [-0.4, -0.2) is 14.5 Å². The maximum atomic E-state index is 8.07. The second-order valence-corrected chi connectivity index (χ2v) is 10.9. The minimum absolute atomic E-state index is 0. The minimum atomic E-state index is -2.18. The molecule has 45 heavy (non-hydrogen) atoms. The van der Waals surface area contributed by atoms with Gasteiger partial charge in [-0.05, 0) is 53.5 Å². The molecule has 0 saturated carbocycles. The van der Waals surface area contributed by atoms with Crippen molar-refractivity contribution < 1.29 is 29.7 Å². The summed E-state index contributed by atoms with van der Waals surface area (Å²) in [4.78, 5) is 9.04. The summed E-state index contributed by atoms with van der Waals surface area (Å²) in [6.07, 6.45) is 1.30. The molecule has 0 amide bonds. The molecular weight excluding hydrogens is 747 g/mol. The number of pyridine rings is 1. The molecule has 5 heteroatoms. The third-order valence-corrected chi connectivity index (χ3v) is 8.11. The van der Waals surface area contributed by atoms with Gasteiger partial charge in [-0.15, -0.1) is 46.8 Å². The summed E-state index contributed by atoms with van der Waals surface area (Å²) in [5.74, 6) is 0.852. The standard InChI is InChI=1S/C27H17N2S.C13H12N.Ir/c1-2-8-19(9-3-1)20-14-16-21(17-15-20)29-25-12-6-5-11-24(25)28-27(29)23-18-30-26-13-7-4-10-22(23)26;1-10-3-6-12(7-4-10)13-8-5-11(2)9-14-13;/h1-17H;3-6,8-9H,1-2H3;/q2*-1;/i4D;1D3,2D3;. The van der Waals surface area contributed by atoms with Gasteiger partial charge in [0.1, 0.15) is 0 Å². The van der Waals surface area contributed by atoms with Crippen molar-refractivity contribution in [3.63, 3.8) is 0 Å². The molecule has 0 atom stereocenters. The maximum absolute atomic E-state index is 8.07. The molecule has 3 nitrogen and oxygen atoms in total. The monoisotopic (exact) mass is 783 g/mol. The van der Waals surface area contributed by atoms with E-state index in [0.29, 0.717) is 17.3 Å². The Morgan fingerprint density at radius 2 is 1.53 bits per heavy atom. The van der Waals surface area contributed by atoms with E-state index in [-0.39, 0.29) is 31.2 Å². The quantitative estimate of drug-likeness (QED) is 0.167. The predicted octanol–water partition coefficient (Wildman–Crippen LogP) is 10.5. The summed E-state index contributed by atoms with van der Waals surface area (Å²) < 4.78 is 55.0. The van der Waals surface area contributed by atoms with Crippen LogP contribution in [-0.2, 0) is 20.1 Å². The number of benzene rings is 5. The van der Waals surface area contributed by atoms with Gasteiger partial charge >= 0.3 is 0 Å². The molecule has 0 spiro atoms. The van der Waals surface area contributed by atoms with Crippen molar-refractivity contribution in [2.45, 2.75) is 13.7 Å². The number of para-hydroxylation sites is 2. The van der Waals surface area contributed by atoms with Crippen LogP contribution in [0.1, 0.15) is 20.7 Å². The topological polar surface area (TPSA) is 30.7 Å². The molecule has 8 aromatic rings. The van der Waals surface area contributed by atoms with Gasteiger partial charge in [0.05, 0.1) is 18.2 Å². The number of fused-ring (bicyclic) bond motifs is 2. The van der Waals surface area contributed by atoms with Gasteiger partial charge in [-0.2, -0.15) is 0 Å². The molecule has 1 radical (unpaired) electrons. The summed E-state index contributed by atoms with van der Waals surface area (Å²) in [7, 11) is 0. The van der Waals surface area contributed by atoms with Crippen molar-refractivity contribution in [1.29, 1.82) is 0 Å². The Bertz CT molecular complexity index is 2380. The molecule has 0 aliphatic heterocycles. The zero-order chi connectivity index (χ0) is 35.8. The second kappa shape index (κ2) is 13.5. The third-order valence-electron chi connectivity index (χ3n) is 7.23. The first-order chi connectivity index (χ1) is 24.5. The molecular formula is C40H29IrN3S-2. The van der Waals surface area contributed by atoms with E-state index in [2.05, 4.69) is 75.6 Å². The fourth-order valence-corrected chi connectivity index (χ4v) is 5.87. The van der Waals surface area contributed by atoms with E-state index < -0.39 is 13.7 Å².